The van der Waals surface area contributed by atoms with E-state index in [1.54, 1.807) is 0 Å². The summed E-state index contributed by atoms with van der Waals surface area (Å²) in [7, 11) is 0. The number of amides is 1. The molecular weight excluding hydrogens is 316 g/mol. The van der Waals surface area contributed by atoms with Gasteiger partial charge >= 0.3 is 0 Å². The molecule has 3 saturated heterocycles. The first-order chi connectivity index (χ1) is 12.3. The number of fused-ring (bicyclic) bond motifs is 1. The molecule has 3 atom stereocenters. The van der Waals surface area contributed by atoms with Crippen molar-refractivity contribution in [2.24, 2.45) is 5.92 Å². The van der Waals surface area contributed by atoms with Crippen molar-refractivity contribution in [2.75, 3.05) is 45.9 Å². The number of nitrogens with zero attached hydrogens (tertiary/aromatic N) is 2. The topological polar surface area (TPSA) is 42.0 Å². The summed E-state index contributed by atoms with van der Waals surface area (Å²) in [4.78, 5) is 17.1. The normalized spacial score (nSPS) is 30.2. The molecule has 0 N–H and O–H groups in total. The average Bonchev–Trinajstić information content (AvgIpc) is 3.10. The van der Waals surface area contributed by atoms with E-state index >= 15 is 0 Å². The number of likely N-dealkylation sites (tertiary alicyclic amines) is 1. The van der Waals surface area contributed by atoms with Crippen molar-refractivity contribution in [1.82, 2.24) is 9.80 Å². The van der Waals surface area contributed by atoms with Crippen LogP contribution in [0, 0.1) is 5.92 Å². The van der Waals surface area contributed by atoms with Crippen molar-refractivity contribution in [3.8, 4) is 0 Å². The highest BCUT2D eigenvalue weighted by molar-refractivity contribution is 5.81. The van der Waals surface area contributed by atoms with Gasteiger partial charge in [0, 0.05) is 26.2 Å². The summed E-state index contributed by atoms with van der Waals surface area (Å²) < 4.78 is 11.5. The van der Waals surface area contributed by atoms with Gasteiger partial charge in [-0.3, -0.25) is 4.79 Å². The average molecular weight is 344 g/mol. The molecule has 0 aliphatic carbocycles. The Labute approximate surface area is 149 Å². The zero-order valence-electron chi connectivity index (χ0n) is 14.8. The standard InChI is InChI=1S/C20H28N2O3/c23-20(22-10-12-24-13-11-22)18-14-17-7-9-21(15-19(17)25-18)8-6-16-4-2-1-3-5-16/h1-5,17-19H,6-15H2/t17-,18-,19+/m0/s1. The molecule has 1 aromatic rings. The van der Waals surface area contributed by atoms with Crippen LogP contribution >= 0.6 is 0 Å². The molecule has 0 spiro atoms. The maximum absolute atomic E-state index is 12.7. The molecule has 1 amide bonds. The van der Waals surface area contributed by atoms with Crippen molar-refractivity contribution in [1.29, 1.82) is 0 Å². The van der Waals surface area contributed by atoms with E-state index in [0.29, 0.717) is 32.2 Å². The van der Waals surface area contributed by atoms with Gasteiger partial charge in [0.1, 0.15) is 6.10 Å². The Morgan fingerprint density at radius 1 is 1.12 bits per heavy atom. The van der Waals surface area contributed by atoms with Crippen LogP contribution in [0.1, 0.15) is 18.4 Å². The van der Waals surface area contributed by atoms with E-state index in [9.17, 15) is 4.79 Å². The zero-order chi connectivity index (χ0) is 17.1. The van der Waals surface area contributed by atoms with Crippen LogP contribution in [0.25, 0.3) is 0 Å². The third-order valence-electron chi connectivity index (χ3n) is 5.79. The summed E-state index contributed by atoms with van der Waals surface area (Å²) in [5, 5.41) is 0. The molecule has 0 bridgehead atoms. The third kappa shape index (κ3) is 4.05. The predicted octanol–water partition coefficient (Wildman–Crippen LogP) is 1.57. The molecule has 0 saturated carbocycles. The summed E-state index contributed by atoms with van der Waals surface area (Å²) in [6.45, 7) is 5.87. The van der Waals surface area contributed by atoms with Crippen molar-refractivity contribution in [2.45, 2.75) is 31.5 Å². The zero-order valence-corrected chi connectivity index (χ0v) is 14.8. The van der Waals surface area contributed by atoms with Crippen molar-refractivity contribution < 1.29 is 14.3 Å². The van der Waals surface area contributed by atoms with Gasteiger partial charge < -0.3 is 19.3 Å². The van der Waals surface area contributed by atoms with E-state index in [2.05, 4.69) is 35.2 Å². The van der Waals surface area contributed by atoms with Crippen molar-refractivity contribution in [3.63, 3.8) is 0 Å². The van der Waals surface area contributed by atoms with Crippen LogP contribution < -0.4 is 0 Å². The number of hydrogen-bond acceptors (Lipinski definition) is 4. The summed E-state index contributed by atoms with van der Waals surface area (Å²) in [5.74, 6) is 0.719. The summed E-state index contributed by atoms with van der Waals surface area (Å²) in [5.41, 5.74) is 1.39. The minimum Gasteiger partial charge on any atom is -0.378 e. The first-order valence-electron chi connectivity index (χ1n) is 9.58. The molecule has 0 radical (unpaired) electrons. The second kappa shape index (κ2) is 7.85. The van der Waals surface area contributed by atoms with E-state index in [0.717, 1.165) is 38.9 Å². The van der Waals surface area contributed by atoms with Crippen LogP contribution in [-0.4, -0.2) is 73.9 Å². The Bertz CT molecular complexity index is 574. The van der Waals surface area contributed by atoms with E-state index in [4.69, 9.17) is 9.47 Å². The Morgan fingerprint density at radius 2 is 1.92 bits per heavy atom. The lowest BCUT2D eigenvalue weighted by Gasteiger charge is -2.34. The maximum Gasteiger partial charge on any atom is 0.251 e. The molecule has 5 heteroatoms. The van der Waals surface area contributed by atoms with Crippen LogP contribution in [0.5, 0.6) is 0 Å². The van der Waals surface area contributed by atoms with Gasteiger partial charge in [-0.05, 0) is 37.3 Å². The number of ether oxygens (including phenoxy) is 2. The van der Waals surface area contributed by atoms with Crippen LogP contribution in [-0.2, 0) is 20.7 Å². The minimum absolute atomic E-state index is 0.175. The highest BCUT2D eigenvalue weighted by Gasteiger charge is 2.43. The Morgan fingerprint density at radius 3 is 2.72 bits per heavy atom. The summed E-state index contributed by atoms with van der Waals surface area (Å²) in [6, 6.07) is 10.6. The highest BCUT2D eigenvalue weighted by atomic mass is 16.5. The Hall–Kier alpha value is -1.43. The number of hydrogen-bond donors (Lipinski definition) is 0. The van der Waals surface area contributed by atoms with Gasteiger partial charge in [-0.15, -0.1) is 0 Å². The molecule has 25 heavy (non-hydrogen) atoms. The number of morpholine rings is 1. The first-order valence-corrected chi connectivity index (χ1v) is 9.58. The van der Waals surface area contributed by atoms with Gasteiger partial charge in [0.15, 0.2) is 0 Å². The van der Waals surface area contributed by atoms with E-state index in [-0.39, 0.29) is 18.1 Å². The van der Waals surface area contributed by atoms with E-state index in [1.165, 1.54) is 5.56 Å². The van der Waals surface area contributed by atoms with Gasteiger partial charge in [0.2, 0.25) is 0 Å². The van der Waals surface area contributed by atoms with Gasteiger partial charge in [-0.25, -0.2) is 0 Å². The number of carbonyl (C=O) groups is 1. The van der Waals surface area contributed by atoms with E-state index in [1.807, 2.05) is 4.90 Å². The summed E-state index contributed by atoms with van der Waals surface area (Å²) >= 11 is 0. The highest BCUT2D eigenvalue weighted by Crippen LogP contribution is 2.34. The number of rotatable bonds is 4. The first kappa shape index (κ1) is 17.0. The molecule has 1 aromatic carbocycles. The van der Waals surface area contributed by atoms with Gasteiger partial charge in [0.05, 0.1) is 19.3 Å². The molecule has 0 unspecified atom stereocenters. The van der Waals surface area contributed by atoms with Crippen molar-refractivity contribution in [3.05, 3.63) is 35.9 Å². The largest absolute Gasteiger partial charge is 0.378 e. The van der Waals surface area contributed by atoms with Crippen molar-refractivity contribution >= 4 is 5.91 Å². The second-order valence-electron chi connectivity index (χ2n) is 7.42. The molecule has 3 heterocycles. The summed E-state index contributed by atoms with van der Waals surface area (Å²) in [6.07, 6.45) is 3.11. The fraction of sp³-hybridized carbons (Fsp3) is 0.650. The minimum atomic E-state index is -0.234. The maximum atomic E-state index is 12.7. The number of carbonyl (C=O) groups excluding carboxylic acids is 1. The van der Waals surface area contributed by atoms with Crippen LogP contribution in [0.15, 0.2) is 30.3 Å². The lowest BCUT2D eigenvalue weighted by Crippen LogP contribution is -2.46. The Kier molecular flexibility index (Phi) is 5.34. The van der Waals surface area contributed by atoms with Crippen LogP contribution in [0.2, 0.25) is 0 Å². The SMILES string of the molecule is O=C([C@@H]1C[C@@H]2CCN(CCc3ccccc3)C[C@H]2O1)N1CCOCC1. The third-order valence-corrected chi connectivity index (χ3v) is 5.79. The monoisotopic (exact) mass is 344 g/mol. The van der Waals surface area contributed by atoms with Crippen LogP contribution in [0.4, 0.5) is 0 Å². The molecule has 3 fully saturated rings. The lowest BCUT2D eigenvalue weighted by atomic mass is 9.91. The molecule has 3 aliphatic rings. The molecule has 0 aromatic heterocycles. The smallest absolute Gasteiger partial charge is 0.251 e. The fourth-order valence-corrected chi connectivity index (χ4v) is 4.28. The molecule has 5 nitrogen and oxygen atoms in total. The lowest BCUT2D eigenvalue weighted by molar-refractivity contribution is -0.147. The predicted molar refractivity (Wildman–Crippen MR) is 95.4 cm³/mol. The molecular formula is C20H28N2O3. The number of benzene rings is 1. The fourth-order valence-electron chi connectivity index (χ4n) is 4.28. The van der Waals surface area contributed by atoms with E-state index < -0.39 is 0 Å². The molecule has 136 valence electrons. The molecule has 4 rings (SSSR count). The van der Waals surface area contributed by atoms with Gasteiger partial charge in [0.25, 0.3) is 5.91 Å². The van der Waals surface area contributed by atoms with Crippen LogP contribution in [0.3, 0.4) is 0 Å². The quantitative estimate of drug-likeness (QED) is 0.831. The number of piperidine rings is 1. The van der Waals surface area contributed by atoms with Gasteiger partial charge in [-0.1, -0.05) is 30.3 Å². The molecule has 3 aliphatic heterocycles. The van der Waals surface area contributed by atoms with Gasteiger partial charge in [-0.2, -0.15) is 0 Å². The Balaban J connectivity index is 1.28. The second-order valence-corrected chi connectivity index (χ2v) is 7.42.